The average Bonchev–Trinajstić information content (AvgIpc) is 3.45. The van der Waals surface area contributed by atoms with E-state index in [2.05, 4.69) is 25.3 Å². The van der Waals surface area contributed by atoms with Gasteiger partial charge in [0.05, 0.1) is 23.3 Å². The van der Waals surface area contributed by atoms with Crippen molar-refractivity contribution >= 4 is 29.1 Å². The van der Waals surface area contributed by atoms with E-state index in [1.807, 2.05) is 19.3 Å². The molecule has 0 unspecified atom stereocenters. The van der Waals surface area contributed by atoms with Gasteiger partial charge in [0.25, 0.3) is 0 Å². The second-order valence-corrected chi connectivity index (χ2v) is 9.10. The maximum atomic E-state index is 13.4. The number of halogens is 3. The summed E-state index contributed by atoms with van der Waals surface area (Å²) in [6.07, 6.45) is -1.11. The number of nitrogens with one attached hydrogen (secondary N) is 1. The fourth-order valence-electron chi connectivity index (χ4n) is 4.52. The summed E-state index contributed by atoms with van der Waals surface area (Å²) in [7, 11) is 1.81. The van der Waals surface area contributed by atoms with Crippen LogP contribution in [-0.4, -0.2) is 56.9 Å². The third-order valence-corrected chi connectivity index (χ3v) is 6.51. The highest BCUT2D eigenvalue weighted by Gasteiger charge is 2.41. The number of amides is 2. The number of hydrogen-bond donors (Lipinski definition) is 1. The van der Waals surface area contributed by atoms with E-state index in [-0.39, 0.29) is 17.6 Å². The van der Waals surface area contributed by atoms with Gasteiger partial charge in [0, 0.05) is 44.5 Å². The Morgan fingerprint density at radius 1 is 1.22 bits per heavy atom. The first-order chi connectivity index (χ1) is 17.1. The minimum atomic E-state index is -4.47. The number of ketones is 1. The van der Waals surface area contributed by atoms with Gasteiger partial charge in [-0.15, -0.1) is 0 Å². The van der Waals surface area contributed by atoms with E-state index in [1.54, 1.807) is 29.1 Å². The second kappa shape index (κ2) is 8.92. The van der Waals surface area contributed by atoms with E-state index < -0.39 is 30.3 Å². The minimum absolute atomic E-state index is 0.0968. The van der Waals surface area contributed by atoms with Crippen LogP contribution in [-0.2, 0) is 7.05 Å². The molecule has 2 aliphatic heterocycles. The molecule has 0 aromatic carbocycles. The Labute approximate surface area is 204 Å². The predicted octanol–water partition coefficient (Wildman–Crippen LogP) is 4.28. The number of urea groups is 1. The molecule has 3 aromatic rings. The molecule has 1 saturated heterocycles. The summed E-state index contributed by atoms with van der Waals surface area (Å²) in [6, 6.07) is 7.74. The molecule has 0 saturated carbocycles. The van der Waals surface area contributed by atoms with Gasteiger partial charge in [-0.2, -0.15) is 18.3 Å². The molecule has 0 radical (unpaired) electrons. The lowest BCUT2D eigenvalue weighted by Crippen LogP contribution is -2.48. The fraction of sp³-hybridized carbons (Fsp3) is 0.375. The lowest BCUT2D eigenvalue weighted by molar-refractivity contribution is -0.168. The Kier molecular flexibility index (Phi) is 5.89. The van der Waals surface area contributed by atoms with Gasteiger partial charge >= 0.3 is 12.2 Å². The Bertz CT molecular complexity index is 1320. The summed E-state index contributed by atoms with van der Waals surface area (Å²) in [5.74, 6) is -1.94. The van der Waals surface area contributed by atoms with Crippen LogP contribution in [0.15, 0.2) is 42.7 Å². The molecule has 1 fully saturated rings. The Hall–Kier alpha value is -3.96. The molecule has 3 aromatic heterocycles. The summed E-state index contributed by atoms with van der Waals surface area (Å²) in [6.45, 7) is 2.27. The maximum absolute atomic E-state index is 13.4. The monoisotopic (exact) mass is 499 g/mol. The van der Waals surface area contributed by atoms with Crippen LogP contribution in [0.1, 0.15) is 30.3 Å². The fourth-order valence-corrected chi connectivity index (χ4v) is 4.52. The van der Waals surface area contributed by atoms with Crippen molar-refractivity contribution < 1.29 is 22.8 Å². The highest BCUT2D eigenvalue weighted by molar-refractivity contribution is 6.05. The zero-order valence-electron chi connectivity index (χ0n) is 19.7. The number of aryl methyl sites for hydroxylation is 1. The molecule has 0 aliphatic carbocycles. The molecule has 0 spiro atoms. The molecular formula is C24H24F3N7O2. The van der Waals surface area contributed by atoms with Gasteiger partial charge in [-0.1, -0.05) is 6.92 Å². The number of anilines is 3. The van der Waals surface area contributed by atoms with Crippen LogP contribution < -0.4 is 15.1 Å². The number of fused-ring (bicyclic) bond motifs is 4. The van der Waals surface area contributed by atoms with Crippen molar-refractivity contribution in [2.75, 3.05) is 28.2 Å². The number of aromatic nitrogens is 4. The number of carbonyl (C=O) groups is 2. The Morgan fingerprint density at radius 2 is 2.03 bits per heavy atom. The SMILES string of the molecule is C[C@@H](CC(=O)c1ccc2c(n1)N(C(=O)Nc1cc(-c3ccn(C)n3)ccn1)[C@H]1CCN2C1)C(F)(F)F. The number of pyridine rings is 2. The zero-order chi connectivity index (χ0) is 25.6. The topological polar surface area (TPSA) is 96.2 Å². The Balaban J connectivity index is 1.41. The molecule has 5 heterocycles. The van der Waals surface area contributed by atoms with E-state index in [9.17, 15) is 22.8 Å². The first kappa shape index (κ1) is 23.8. The highest BCUT2D eigenvalue weighted by Crippen LogP contribution is 2.39. The summed E-state index contributed by atoms with van der Waals surface area (Å²) in [4.78, 5) is 38.2. The van der Waals surface area contributed by atoms with Crippen LogP contribution in [0.25, 0.3) is 11.3 Å². The first-order valence-corrected chi connectivity index (χ1v) is 11.5. The second-order valence-electron chi connectivity index (χ2n) is 9.10. The number of nitrogens with zero attached hydrogens (tertiary/aromatic N) is 6. The van der Waals surface area contributed by atoms with Crippen molar-refractivity contribution in [1.82, 2.24) is 19.7 Å². The largest absolute Gasteiger partial charge is 0.391 e. The molecular weight excluding hydrogens is 475 g/mol. The molecule has 1 N–H and O–H groups in total. The quantitative estimate of drug-likeness (QED) is 0.527. The Morgan fingerprint density at radius 3 is 2.75 bits per heavy atom. The molecule has 5 rings (SSSR count). The van der Waals surface area contributed by atoms with E-state index >= 15 is 0 Å². The van der Waals surface area contributed by atoms with Gasteiger partial charge in [0.1, 0.15) is 11.5 Å². The van der Waals surface area contributed by atoms with Crippen molar-refractivity contribution in [2.24, 2.45) is 13.0 Å². The lowest BCUT2D eigenvalue weighted by atomic mass is 10.0. The van der Waals surface area contributed by atoms with Crippen LogP contribution >= 0.6 is 0 Å². The summed E-state index contributed by atoms with van der Waals surface area (Å²) >= 11 is 0. The van der Waals surface area contributed by atoms with Crippen LogP contribution in [0, 0.1) is 5.92 Å². The van der Waals surface area contributed by atoms with Crippen LogP contribution in [0.5, 0.6) is 0 Å². The van der Waals surface area contributed by atoms with Crippen molar-refractivity contribution in [2.45, 2.75) is 32.0 Å². The van der Waals surface area contributed by atoms with Gasteiger partial charge in [0.2, 0.25) is 0 Å². The molecule has 188 valence electrons. The van der Waals surface area contributed by atoms with Gasteiger partial charge in [-0.3, -0.25) is 19.7 Å². The van der Waals surface area contributed by atoms with Gasteiger partial charge < -0.3 is 4.90 Å². The number of carbonyl (C=O) groups excluding carboxylic acids is 2. The third-order valence-electron chi connectivity index (χ3n) is 6.51. The van der Waals surface area contributed by atoms with Crippen molar-refractivity contribution in [1.29, 1.82) is 0 Å². The smallest absolute Gasteiger partial charge is 0.366 e. The van der Waals surface area contributed by atoms with Crippen LogP contribution in [0.2, 0.25) is 0 Å². The third kappa shape index (κ3) is 4.50. The van der Waals surface area contributed by atoms with Crippen molar-refractivity contribution in [3.8, 4) is 11.3 Å². The van der Waals surface area contributed by atoms with E-state index in [4.69, 9.17) is 0 Å². The maximum Gasteiger partial charge on any atom is 0.391 e. The van der Waals surface area contributed by atoms with Crippen molar-refractivity contribution in [3.05, 3.63) is 48.4 Å². The molecule has 36 heavy (non-hydrogen) atoms. The number of alkyl halides is 3. The molecule has 2 aliphatic rings. The van der Waals surface area contributed by atoms with Gasteiger partial charge in [-0.05, 0) is 36.8 Å². The number of rotatable bonds is 5. The van der Waals surface area contributed by atoms with E-state index in [1.165, 1.54) is 11.0 Å². The predicted molar refractivity (Wildman–Crippen MR) is 127 cm³/mol. The molecule has 2 bridgehead atoms. The molecule has 12 heteroatoms. The minimum Gasteiger partial charge on any atom is -0.366 e. The molecule has 9 nitrogen and oxygen atoms in total. The van der Waals surface area contributed by atoms with Crippen LogP contribution in [0.3, 0.4) is 0 Å². The number of hydrogen-bond acceptors (Lipinski definition) is 6. The highest BCUT2D eigenvalue weighted by atomic mass is 19.4. The van der Waals surface area contributed by atoms with Gasteiger partial charge in [0.15, 0.2) is 11.6 Å². The molecule has 2 amide bonds. The van der Waals surface area contributed by atoms with Gasteiger partial charge in [-0.25, -0.2) is 14.8 Å². The van der Waals surface area contributed by atoms with E-state index in [0.717, 1.165) is 18.2 Å². The molecule has 2 atom stereocenters. The number of Topliss-reactive ketones (excluding diaryl/α,β-unsaturated/α-hetero) is 1. The summed E-state index contributed by atoms with van der Waals surface area (Å²) in [5, 5.41) is 7.16. The van der Waals surface area contributed by atoms with Crippen LogP contribution in [0.4, 0.5) is 35.3 Å². The summed E-state index contributed by atoms with van der Waals surface area (Å²) < 4.78 is 40.6. The van der Waals surface area contributed by atoms with E-state index in [0.29, 0.717) is 31.0 Å². The normalized spacial score (nSPS) is 17.6. The zero-order valence-corrected chi connectivity index (χ0v) is 19.7. The lowest BCUT2D eigenvalue weighted by Gasteiger charge is -2.35. The summed E-state index contributed by atoms with van der Waals surface area (Å²) in [5.41, 5.74) is 2.06. The first-order valence-electron chi connectivity index (χ1n) is 11.5. The average molecular weight is 499 g/mol. The standard InChI is InChI=1S/C24H24F3N7O2/c1-14(24(25,26)27)11-20(35)18-3-4-19-22(29-18)34(16-6-10-33(19)13-16)23(36)30-21-12-15(5-8-28-21)17-7-9-32(2)31-17/h3-5,7-9,12,14,16H,6,10-11,13H2,1-2H3,(H,28,30,36)/t14-,16-/m0/s1. The van der Waals surface area contributed by atoms with Crippen molar-refractivity contribution in [3.63, 3.8) is 0 Å².